The molecule has 90 valence electrons. The molecule has 0 heteroatoms. The van der Waals surface area contributed by atoms with Gasteiger partial charge in [0, 0.05) is 0 Å². The standard InChI is InChI=1S/C16H26/c1-7-9-13-10-14(8-2)12(3)15(11-13)16(4,5)6/h10-11H,7-9H2,1-6H3. The molecule has 0 aliphatic rings. The van der Waals surface area contributed by atoms with Crippen LogP contribution in [0.5, 0.6) is 0 Å². The number of hydrogen-bond donors (Lipinski definition) is 0. The second kappa shape index (κ2) is 5.03. The third kappa shape index (κ3) is 2.87. The molecule has 0 radical (unpaired) electrons. The quantitative estimate of drug-likeness (QED) is 0.683. The average Bonchev–Trinajstić information content (AvgIpc) is 2.19. The summed E-state index contributed by atoms with van der Waals surface area (Å²) in [6, 6.07) is 4.81. The maximum absolute atomic E-state index is 2.41. The van der Waals surface area contributed by atoms with Gasteiger partial charge in [-0.25, -0.2) is 0 Å². The topological polar surface area (TPSA) is 0 Å². The molecule has 0 heterocycles. The van der Waals surface area contributed by atoms with Gasteiger partial charge in [0.05, 0.1) is 0 Å². The molecule has 0 saturated heterocycles. The van der Waals surface area contributed by atoms with Crippen LogP contribution in [0.15, 0.2) is 12.1 Å². The van der Waals surface area contributed by atoms with E-state index in [-0.39, 0.29) is 5.41 Å². The predicted octanol–water partition coefficient (Wildman–Crippen LogP) is 4.81. The highest BCUT2D eigenvalue weighted by atomic mass is 14.2. The maximum Gasteiger partial charge on any atom is -0.0129 e. The second-order valence-electron chi connectivity index (χ2n) is 5.78. The minimum atomic E-state index is 0.262. The number of hydrogen-bond acceptors (Lipinski definition) is 0. The summed E-state index contributed by atoms with van der Waals surface area (Å²) in [5.74, 6) is 0. The largest absolute Gasteiger partial charge is 0.0651 e. The van der Waals surface area contributed by atoms with Crippen molar-refractivity contribution in [2.24, 2.45) is 0 Å². The summed E-state index contributed by atoms with van der Waals surface area (Å²) >= 11 is 0. The first kappa shape index (κ1) is 13.3. The van der Waals surface area contributed by atoms with Crippen LogP contribution < -0.4 is 0 Å². The molecule has 0 N–H and O–H groups in total. The number of rotatable bonds is 3. The molecular weight excluding hydrogens is 192 g/mol. The Balaban J connectivity index is 3.30. The summed E-state index contributed by atoms with van der Waals surface area (Å²) in [4.78, 5) is 0. The maximum atomic E-state index is 2.41. The van der Waals surface area contributed by atoms with Crippen molar-refractivity contribution in [2.75, 3.05) is 0 Å². The van der Waals surface area contributed by atoms with Gasteiger partial charge in [-0.05, 0) is 47.4 Å². The fraction of sp³-hybridized carbons (Fsp3) is 0.625. The minimum Gasteiger partial charge on any atom is -0.0651 e. The van der Waals surface area contributed by atoms with Crippen LogP contribution in [0, 0.1) is 6.92 Å². The Bertz CT molecular complexity index is 353. The predicted molar refractivity (Wildman–Crippen MR) is 73.3 cm³/mol. The molecule has 1 rings (SSSR count). The fourth-order valence-corrected chi connectivity index (χ4v) is 2.42. The van der Waals surface area contributed by atoms with Crippen molar-refractivity contribution in [1.29, 1.82) is 0 Å². The van der Waals surface area contributed by atoms with Gasteiger partial charge in [0.25, 0.3) is 0 Å². The third-order valence-corrected chi connectivity index (χ3v) is 3.30. The minimum absolute atomic E-state index is 0.262. The second-order valence-corrected chi connectivity index (χ2v) is 5.78. The summed E-state index contributed by atoms with van der Waals surface area (Å²) in [6.45, 7) is 13.7. The van der Waals surface area contributed by atoms with E-state index in [1.54, 1.807) is 0 Å². The Morgan fingerprint density at radius 3 is 2.12 bits per heavy atom. The summed E-state index contributed by atoms with van der Waals surface area (Å²) in [5.41, 5.74) is 6.31. The highest BCUT2D eigenvalue weighted by molar-refractivity contribution is 5.42. The van der Waals surface area contributed by atoms with E-state index in [1.165, 1.54) is 35.1 Å². The lowest BCUT2D eigenvalue weighted by Crippen LogP contribution is -2.15. The molecular formula is C16H26. The van der Waals surface area contributed by atoms with E-state index in [1.807, 2.05) is 0 Å². The van der Waals surface area contributed by atoms with Crippen LogP contribution in [0.3, 0.4) is 0 Å². The molecule has 0 fully saturated rings. The van der Waals surface area contributed by atoms with Gasteiger partial charge in [-0.1, -0.05) is 53.2 Å². The molecule has 0 aliphatic heterocycles. The van der Waals surface area contributed by atoms with Gasteiger partial charge in [0.1, 0.15) is 0 Å². The van der Waals surface area contributed by atoms with Crippen molar-refractivity contribution in [2.45, 2.75) is 66.2 Å². The van der Waals surface area contributed by atoms with Crippen molar-refractivity contribution in [1.82, 2.24) is 0 Å². The monoisotopic (exact) mass is 218 g/mol. The van der Waals surface area contributed by atoms with Gasteiger partial charge in [-0.3, -0.25) is 0 Å². The molecule has 0 spiro atoms. The van der Waals surface area contributed by atoms with Gasteiger partial charge >= 0.3 is 0 Å². The molecule has 0 aromatic heterocycles. The smallest absolute Gasteiger partial charge is 0.0129 e. The summed E-state index contributed by atoms with van der Waals surface area (Å²) in [5, 5.41) is 0. The fourth-order valence-electron chi connectivity index (χ4n) is 2.42. The molecule has 0 saturated carbocycles. The first-order valence-corrected chi connectivity index (χ1v) is 6.53. The molecule has 1 aromatic rings. The van der Waals surface area contributed by atoms with E-state index >= 15 is 0 Å². The molecule has 16 heavy (non-hydrogen) atoms. The lowest BCUT2D eigenvalue weighted by molar-refractivity contribution is 0.583. The molecule has 0 amide bonds. The van der Waals surface area contributed by atoms with E-state index in [2.05, 4.69) is 53.7 Å². The van der Waals surface area contributed by atoms with Gasteiger partial charge in [0.2, 0.25) is 0 Å². The van der Waals surface area contributed by atoms with Gasteiger partial charge in [-0.2, -0.15) is 0 Å². The molecule has 0 bridgehead atoms. The zero-order chi connectivity index (χ0) is 12.3. The molecule has 0 unspecified atom stereocenters. The van der Waals surface area contributed by atoms with E-state index in [0.717, 1.165) is 6.42 Å². The van der Waals surface area contributed by atoms with Crippen LogP contribution in [0.2, 0.25) is 0 Å². The molecule has 0 aliphatic carbocycles. The van der Waals surface area contributed by atoms with Crippen LogP contribution in [0.1, 0.15) is 63.3 Å². The summed E-state index contributed by atoms with van der Waals surface area (Å²) in [7, 11) is 0. The van der Waals surface area contributed by atoms with Gasteiger partial charge in [0.15, 0.2) is 0 Å². The number of aryl methyl sites for hydroxylation is 2. The lowest BCUT2D eigenvalue weighted by atomic mass is 9.80. The summed E-state index contributed by atoms with van der Waals surface area (Å²) in [6.07, 6.45) is 3.58. The van der Waals surface area contributed by atoms with Crippen molar-refractivity contribution >= 4 is 0 Å². The normalized spacial score (nSPS) is 11.9. The van der Waals surface area contributed by atoms with Crippen molar-refractivity contribution in [3.63, 3.8) is 0 Å². The Hall–Kier alpha value is -0.780. The highest BCUT2D eigenvalue weighted by Crippen LogP contribution is 2.29. The van der Waals surface area contributed by atoms with E-state index in [4.69, 9.17) is 0 Å². The average molecular weight is 218 g/mol. The van der Waals surface area contributed by atoms with Crippen molar-refractivity contribution in [3.8, 4) is 0 Å². The molecule has 0 nitrogen and oxygen atoms in total. The Morgan fingerprint density at radius 1 is 1.06 bits per heavy atom. The number of benzene rings is 1. The van der Waals surface area contributed by atoms with Gasteiger partial charge in [-0.15, -0.1) is 0 Å². The first-order chi connectivity index (χ1) is 7.40. The lowest BCUT2D eigenvalue weighted by Gasteiger charge is -2.24. The zero-order valence-corrected chi connectivity index (χ0v) is 11.8. The first-order valence-electron chi connectivity index (χ1n) is 6.53. The molecule has 1 aromatic carbocycles. The highest BCUT2D eigenvalue weighted by Gasteiger charge is 2.18. The molecule has 0 atom stereocenters. The van der Waals surface area contributed by atoms with Crippen LogP contribution >= 0.6 is 0 Å². The van der Waals surface area contributed by atoms with E-state index in [0.29, 0.717) is 0 Å². The Morgan fingerprint density at radius 2 is 1.69 bits per heavy atom. The zero-order valence-electron chi connectivity index (χ0n) is 11.8. The van der Waals surface area contributed by atoms with E-state index < -0.39 is 0 Å². The third-order valence-electron chi connectivity index (χ3n) is 3.30. The Labute approximate surface area is 101 Å². The SMILES string of the molecule is CCCc1cc(CC)c(C)c(C(C)(C)C)c1. The Kier molecular flexibility index (Phi) is 4.18. The van der Waals surface area contributed by atoms with Crippen molar-refractivity contribution < 1.29 is 0 Å². The van der Waals surface area contributed by atoms with Crippen LogP contribution in [0.4, 0.5) is 0 Å². The van der Waals surface area contributed by atoms with Crippen LogP contribution in [-0.4, -0.2) is 0 Å². The van der Waals surface area contributed by atoms with Crippen LogP contribution in [0.25, 0.3) is 0 Å². The van der Waals surface area contributed by atoms with Crippen molar-refractivity contribution in [3.05, 3.63) is 34.4 Å². The van der Waals surface area contributed by atoms with Crippen LogP contribution in [-0.2, 0) is 18.3 Å². The van der Waals surface area contributed by atoms with E-state index in [9.17, 15) is 0 Å². The van der Waals surface area contributed by atoms with Gasteiger partial charge < -0.3 is 0 Å². The summed E-state index contributed by atoms with van der Waals surface area (Å²) < 4.78 is 0.